The van der Waals surface area contributed by atoms with Crippen molar-refractivity contribution in [2.75, 3.05) is 0 Å². The van der Waals surface area contributed by atoms with E-state index in [2.05, 4.69) is 17.1 Å². The van der Waals surface area contributed by atoms with E-state index in [4.69, 9.17) is 0 Å². The zero-order valence-electron chi connectivity index (χ0n) is 9.26. The van der Waals surface area contributed by atoms with E-state index in [0.717, 1.165) is 17.8 Å². The normalized spacial score (nSPS) is 10.8. The van der Waals surface area contributed by atoms with Gasteiger partial charge in [-0.3, -0.25) is 4.79 Å². The Labute approximate surface area is 98.4 Å². The van der Waals surface area contributed by atoms with Gasteiger partial charge in [-0.05, 0) is 5.56 Å². The van der Waals surface area contributed by atoms with Crippen LogP contribution < -0.4 is 5.43 Å². The van der Waals surface area contributed by atoms with Gasteiger partial charge in [-0.25, -0.2) is 0 Å². The molecule has 0 saturated heterocycles. The number of pyridine rings is 1. The lowest BCUT2D eigenvalue weighted by molar-refractivity contribution is 1.11. The van der Waals surface area contributed by atoms with Gasteiger partial charge in [0.1, 0.15) is 5.65 Å². The highest BCUT2D eigenvalue weighted by Crippen LogP contribution is 2.09. The third kappa shape index (κ3) is 1.99. The second-order valence-electron chi connectivity index (χ2n) is 4.10. The monoisotopic (exact) mass is 224 g/mol. The minimum Gasteiger partial charge on any atom is -0.343 e. The Morgan fingerprint density at radius 2 is 1.94 bits per heavy atom. The summed E-state index contributed by atoms with van der Waals surface area (Å²) >= 11 is 0. The quantitative estimate of drug-likeness (QED) is 0.712. The Hall–Kier alpha value is -2.29. The average molecular weight is 224 g/mol. The Morgan fingerprint density at radius 1 is 1.12 bits per heavy atom. The van der Waals surface area contributed by atoms with Gasteiger partial charge in [-0.2, -0.15) is 0 Å². The van der Waals surface area contributed by atoms with Crippen molar-refractivity contribution in [1.82, 2.24) is 9.38 Å². The molecular weight excluding hydrogens is 212 g/mol. The second-order valence-corrected chi connectivity index (χ2v) is 4.10. The van der Waals surface area contributed by atoms with Crippen LogP contribution in [0.2, 0.25) is 0 Å². The molecule has 17 heavy (non-hydrogen) atoms. The summed E-state index contributed by atoms with van der Waals surface area (Å²) in [6, 6.07) is 13.4. The van der Waals surface area contributed by atoms with Gasteiger partial charge in [0.25, 0.3) is 0 Å². The molecule has 0 saturated carbocycles. The summed E-state index contributed by atoms with van der Waals surface area (Å²) in [5.74, 6) is 0. The van der Waals surface area contributed by atoms with Gasteiger partial charge >= 0.3 is 0 Å². The van der Waals surface area contributed by atoms with E-state index < -0.39 is 0 Å². The summed E-state index contributed by atoms with van der Waals surface area (Å²) in [5.41, 5.74) is 3.21. The molecule has 0 amide bonds. The number of nitrogens with zero attached hydrogens (tertiary/aromatic N) is 1. The highest BCUT2D eigenvalue weighted by Gasteiger charge is 2.01. The highest BCUT2D eigenvalue weighted by molar-refractivity contribution is 5.40. The molecule has 2 aromatic heterocycles. The summed E-state index contributed by atoms with van der Waals surface area (Å²) in [7, 11) is 0. The maximum atomic E-state index is 11.2. The largest absolute Gasteiger partial charge is 0.343 e. The maximum Gasteiger partial charge on any atom is 0.183 e. The molecule has 0 fully saturated rings. The van der Waals surface area contributed by atoms with Gasteiger partial charge in [0.15, 0.2) is 5.43 Å². The van der Waals surface area contributed by atoms with E-state index in [1.54, 1.807) is 18.3 Å². The smallest absolute Gasteiger partial charge is 0.183 e. The maximum absolute atomic E-state index is 11.2. The molecule has 0 unspecified atom stereocenters. The Kier molecular flexibility index (Phi) is 2.29. The number of fused-ring (bicyclic) bond motifs is 1. The Morgan fingerprint density at radius 3 is 2.76 bits per heavy atom. The van der Waals surface area contributed by atoms with Gasteiger partial charge in [-0.15, -0.1) is 0 Å². The van der Waals surface area contributed by atoms with E-state index in [-0.39, 0.29) is 5.43 Å². The predicted molar refractivity (Wildman–Crippen MR) is 67.3 cm³/mol. The molecule has 0 aliphatic rings. The molecule has 3 aromatic rings. The molecule has 0 spiro atoms. The van der Waals surface area contributed by atoms with Crippen molar-refractivity contribution < 1.29 is 0 Å². The number of nitrogens with one attached hydrogen (secondary N) is 1. The zero-order valence-corrected chi connectivity index (χ0v) is 9.26. The van der Waals surface area contributed by atoms with Crippen molar-refractivity contribution in [1.29, 1.82) is 0 Å². The van der Waals surface area contributed by atoms with Crippen molar-refractivity contribution in [3.8, 4) is 0 Å². The van der Waals surface area contributed by atoms with Gasteiger partial charge < -0.3 is 9.38 Å². The van der Waals surface area contributed by atoms with E-state index in [1.807, 2.05) is 28.8 Å². The molecule has 3 heteroatoms. The van der Waals surface area contributed by atoms with Crippen molar-refractivity contribution in [3.63, 3.8) is 0 Å². The molecule has 84 valence electrons. The fraction of sp³-hybridized carbons (Fsp3) is 0.0714. The van der Waals surface area contributed by atoms with E-state index >= 15 is 0 Å². The Bertz CT molecular complexity index is 695. The van der Waals surface area contributed by atoms with Gasteiger partial charge in [0.05, 0.1) is 0 Å². The SMILES string of the molecule is O=c1ccn2cc(Cc3ccccc3)[nH]c2c1. The van der Waals surface area contributed by atoms with Crippen LogP contribution in [-0.4, -0.2) is 9.38 Å². The molecule has 1 N–H and O–H groups in total. The van der Waals surface area contributed by atoms with Gasteiger partial charge in [0, 0.05) is 36.6 Å². The van der Waals surface area contributed by atoms with Crippen LogP contribution in [0.1, 0.15) is 11.3 Å². The minimum atomic E-state index is 0.0260. The standard InChI is InChI=1S/C14H12N2O/c17-13-6-7-16-10-12(15-14(16)9-13)8-11-4-2-1-3-5-11/h1-7,9-10,15H,8H2. The van der Waals surface area contributed by atoms with Crippen molar-refractivity contribution >= 4 is 5.65 Å². The van der Waals surface area contributed by atoms with E-state index in [0.29, 0.717) is 0 Å². The molecule has 2 heterocycles. The number of imidazole rings is 1. The molecule has 0 radical (unpaired) electrons. The number of aromatic amines is 1. The summed E-state index contributed by atoms with van der Waals surface area (Å²) < 4.78 is 1.93. The lowest BCUT2D eigenvalue weighted by atomic mass is 10.1. The molecule has 3 rings (SSSR count). The first-order valence-corrected chi connectivity index (χ1v) is 5.55. The number of rotatable bonds is 2. The van der Waals surface area contributed by atoms with Crippen molar-refractivity contribution in [2.24, 2.45) is 0 Å². The molecule has 3 nitrogen and oxygen atoms in total. The van der Waals surface area contributed by atoms with Gasteiger partial charge in [-0.1, -0.05) is 30.3 Å². The summed E-state index contributed by atoms with van der Waals surface area (Å²) in [5, 5.41) is 0. The molecule has 0 atom stereocenters. The first-order valence-electron chi connectivity index (χ1n) is 5.55. The minimum absolute atomic E-state index is 0.0260. The molecule has 1 aromatic carbocycles. The molecular formula is C14H12N2O. The van der Waals surface area contributed by atoms with Crippen LogP contribution in [0.25, 0.3) is 5.65 Å². The van der Waals surface area contributed by atoms with Crippen molar-refractivity contribution in [2.45, 2.75) is 6.42 Å². The third-order valence-electron chi connectivity index (χ3n) is 2.78. The van der Waals surface area contributed by atoms with E-state index in [1.165, 1.54) is 5.56 Å². The summed E-state index contributed by atoms with van der Waals surface area (Å²) in [6.45, 7) is 0. The number of aromatic nitrogens is 2. The van der Waals surface area contributed by atoms with Crippen LogP contribution in [-0.2, 0) is 6.42 Å². The lowest BCUT2D eigenvalue weighted by Crippen LogP contribution is -1.97. The van der Waals surface area contributed by atoms with Crippen LogP contribution in [0.4, 0.5) is 0 Å². The predicted octanol–water partition coefficient (Wildman–Crippen LogP) is 2.22. The number of hydrogen-bond acceptors (Lipinski definition) is 1. The number of benzene rings is 1. The number of hydrogen-bond donors (Lipinski definition) is 1. The summed E-state index contributed by atoms with van der Waals surface area (Å²) in [6.07, 6.45) is 4.64. The van der Waals surface area contributed by atoms with Crippen molar-refractivity contribution in [3.05, 3.63) is 76.3 Å². The van der Waals surface area contributed by atoms with Crippen LogP contribution in [0.15, 0.2) is 59.7 Å². The van der Waals surface area contributed by atoms with E-state index in [9.17, 15) is 4.79 Å². The third-order valence-corrected chi connectivity index (χ3v) is 2.78. The zero-order chi connectivity index (χ0) is 11.7. The van der Waals surface area contributed by atoms with Crippen LogP contribution in [0.5, 0.6) is 0 Å². The van der Waals surface area contributed by atoms with Crippen LogP contribution >= 0.6 is 0 Å². The fourth-order valence-electron chi connectivity index (χ4n) is 1.97. The Balaban J connectivity index is 1.99. The lowest BCUT2D eigenvalue weighted by Gasteiger charge is -1.96. The first-order chi connectivity index (χ1) is 8.31. The first kappa shape index (κ1) is 9.90. The van der Waals surface area contributed by atoms with Gasteiger partial charge in [0.2, 0.25) is 0 Å². The molecule has 0 aliphatic heterocycles. The van der Waals surface area contributed by atoms with Crippen LogP contribution in [0, 0.1) is 0 Å². The molecule has 0 bridgehead atoms. The van der Waals surface area contributed by atoms with Crippen LogP contribution in [0.3, 0.4) is 0 Å². The second kappa shape index (κ2) is 3.94. The highest BCUT2D eigenvalue weighted by atomic mass is 16.1. The topological polar surface area (TPSA) is 37.3 Å². The fourth-order valence-corrected chi connectivity index (χ4v) is 1.97. The number of H-pyrrole nitrogens is 1. The molecule has 0 aliphatic carbocycles. The summed E-state index contributed by atoms with van der Waals surface area (Å²) in [4.78, 5) is 14.5. The average Bonchev–Trinajstić information content (AvgIpc) is 2.71.